The minimum atomic E-state index is -0.577. The van der Waals surface area contributed by atoms with Gasteiger partial charge in [-0.25, -0.2) is 0 Å². The first-order valence-corrected chi connectivity index (χ1v) is 7.70. The van der Waals surface area contributed by atoms with Crippen LogP contribution in [0, 0.1) is 5.92 Å². The molecule has 0 aromatic carbocycles. The monoisotopic (exact) mass is 385 g/mol. The summed E-state index contributed by atoms with van der Waals surface area (Å²) in [5, 5.41) is 16.8. The average Bonchev–Trinajstić information content (AvgIpc) is 3.05. The summed E-state index contributed by atoms with van der Waals surface area (Å²) >= 11 is 1.81. The van der Waals surface area contributed by atoms with Gasteiger partial charge in [-0.1, -0.05) is 0 Å². The lowest BCUT2D eigenvalue weighted by molar-refractivity contribution is 0.0778. The molecule has 18 heavy (non-hydrogen) atoms. The number of nitrogens with zero attached hydrogens (tertiary/aromatic N) is 1. The van der Waals surface area contributed by atoms with Crippen LogP contribution >= 0.6 is 35.7 Å². The fraction of sp³-hybridized carbons (Fsp3) is 0.917. The number of rotatable bonds is 5. The number of guanidine groups is 1. The van der Waals surface area contributed by atoms with E-state index in [4.69, 9.17) is 0 Å². The highest BCUT2D eigenvalue weighted by Gasteiger charge is 2.31. The highest BCUT2D eigenvalue weighted by atomic mass is 127. The predicted octanol–water partition coefficient (Wildman–Crippen LogP) is 1.44. The molecule has 1 saturated carbocycles. The number of hydrogen-bond acceptors (Lipinski definition) is 3. The molecular weight excluding hydrogens is 361 g/mol. The van der Waals surface area contributed by atoms with Crippen molar-refractivity contribution in [1.29, 1.82) is 0 Å². The Hall–Kier alpha value is 0.310. The molecule has 0 amide bonds. The van der Waals surface area contributed by atoms with Crippen LogP contribution in [-0.2, 0) is 0 Å². The lowest BCUT2D eigenvalue weighted by Gasteiger charge is -2.19. The molecule has 4 nitrogen and oxygen atoms in total. The van der Waals surface area contributed by atoms with Crippen LogP contribution in [-0.4, -0.2) is 47.8 Å². The van der Waals surface area contributed by atoms with Crippen LogP contribution in [0.15, 0.2) is 4.99 Å². The molecule has 0 aromatic heterocycles. The molecule has 0 aromatic rings. The summed E-state index contributed by atoms with van der Waals surface area (Å²) < 4.78 is 0. The van der Waals surface area contributed by atoms with Crippen LogP contribution in [0.25, 0.3) is 0 Å². The number of aliphatic imine (C=N–C) groups is 1. The Bertz CT molecular complexity index is 278. The van der Waals surface area contributed by atoms with E-state index in [0.717, 1.165) is 42.9 Å². The second-order valence-electron chi connectivity index (χ2n) is 5.05. The van der Waals surface area contributed by atoms with Crippen LogP contribution in [0.5, 0.6) is 0 Å². The molecule has 2 aliphatic rings. The maximum absolute atomic E-state index is 10.2. The maximum Gasteiger partial charge on any atom is 0.191 e. The molecule has 2 rings (SSSR count). The third kappa shape index (κ3) is 5.52. The quantitative estimate of drug-likeness (QED) is 0.381. The summed E-state index contributed by atoms with van der Waals surface area (Å²) in [6, 6.07) is 0. The first kappa shape index (κ1) is 16.4. The van der Waals surface area contributed by atoms with Gasteiger partial charge in [-0.15, -0.1) is 24.0 Å². The van der Waals surface area contributed by atoms with Crippen molar-refractivity contribution in [3.05, 3.63) is 0 Å². The maximum atomic E-state index is 10.2. The smallest absolute Gasteiger partial charge is 0.191 e. The summed E-state index contributed by atoms with van der Waals surface area (Å²) in [5.74, 6) is 3.56. The van der Waals surface area contributed by atoms with Gasteiger partial charge in [-0.2, -0.15) is 11.8 Å². The van der Waals surface area contributed by atoms with Gasteiger partial charge in [0.2, 0.25) is 0 Å². The van der Waals surface area contributed by atoms with Crippen molar-refractivity contribution in [1.82, 2.24) is 10.6 Å². The van der Waals surface area contributed by atoms with Crippen molar-refractivity contribution in [3.8, 4) is 0 Å². The first-order chi connectivity index (χ1) is 8.22. The molecule has 0 bridgehead atoms. The number of halogens is 1. The first-order valence-electron chi connectivity index (χ1n) is 6.54. The van der Waals surface area contributed by atoms with Crippen molar-refractivity contribution < 1.29 is 5.11 Å². The Morgan fingerprint density at radius 3 is 2.78 bits per heavy atom. The number of aliphatic hydroxyl groups is 1. The minimum absolute atomic E-state index is 0. The van der Waals surface area contributed by atoms with Crippen LogP contribution in [0.3, 0.4) is 0 Å². The van der Waals surface area contributed by atoms with Gasteiger partial charge >= 0.3 is 0 Å². The van der Waals surface area contributed by atoms with Gasteiger partial charge in [0.05, 0.1) is 12.1 Å². The predicted molar refractivity (Wildman–Crippen MR) is 89.0 cm³/mol. The molecule has 1 saturated heterocycles. The van der Waals surface area contributed by atoms with E-state index >= 15 is 0 Å². The van der Waals surface area contributed by atoms with Gasteiger partial charge in [0.15, 0.2) is 5.96 Å². The Morgan fingerprint density at radius 2 is 2.22 bits per heavy atom. The fourth-order valence-corrected chi connectivity index (χ4v) is 3.14. The third-order valence-electron chi connectivity index (χ3n) is 3.21. The molecule has 1 atom stereocenters. The van der Waals surface area contributed by atoms with E-state index < -0.39 is 5.60 Å². The van der Waals surface area contributed by atoms with Crippen molar-refractivity contribution in [2.45, 2.75) is 31.8 Å². The molecule has 106 valence electrons. The number of hydrogen-bond donors (Lipinski definition) is 3. The average molecular weight is 385 g/mol. The van der Waals surface area contributed by atoms with E-state index in [2.05, 4.69) is 22.5 Å². The van der Waals surface area contributed by atoms with Gasteiger partial charge in [0.1, 0.15) is 0 Å². The SMILES string of the molecule is CCNC(=NCC1(O)CCSC1)NCC1CC1.I. The largest absolute Gasteiger partial charge is 0.387 e. The second kappa shape index (κ2) is 7.79. The summed E-state index contributed by atoms with van der Waals surface area (Å²) in [6.07, 6.45) is 3.54. The Kier molecular flexibility index (Phi) is 7.08. The zero-order chi connectivity index (χ0) is 12.1. The van der Waals surface area contributed by atoms with Crippen LogP contribution in [0.4, 0.5) is 0 Å². The molecule has 1 unspecified atom stereocenters. The van der Waals surface area contributed by atoms with Gasteiger partial charge in [0, 0.05) is 18.8 Å². The van der Waals surface area contributed by atoms with E-state index in [1.165, 1.54) is 12.8 Å². The van der Waals surface area contributed by atoms with Crippen molar-refractivity contribution >= 4 is 41.7 Å². The number of nitrogens with one attached hydrogen (secondary N) is 2. The Morgan fingerprint density at radius 1 is 1.44 bits per heavy atom. The van der Waals surface area contributed by atoms with E-state index in [0.29, 0.717) is 6.54 Å². The molecule has 3 N–H and O–H groups in total. The lowest BCUT2D eigenvalue weighted by Crippen LogP contribution is -2.40. The van der Waals surface area contributed by atoms with E-state index in [1.54, 1.807) is 0 Å². The van der Waals surface area contributed by atoms with E-state index in [9.17, 15) is 5.11 Å². The zero-order valence-electron chi connectivity index (χ0n) is 10.9. The summed E-state index contributed by atoms with van der Waals surface area (Å²) in [4.78, 5) is 4.50. The van der Waals surface area contributed by atoms with Gasteiger partial charge in [-0.3, -0.25) is 4.99 Å². The van der Waals surface area contributed by atoms with E-state index in [1.807, 2.05) is 11.8 Å². The topological polar surface area (TPSA) is 56.7 Å². The third-order valence-corrected chi connectivity index (χ3v) is 4.45. The molecule has 1 aliphatic carbocycles. The second-order valence-corrected chi connectivity index (χ2v) is 6.15. The molecule has 6 heteroatoms. The molecular formula is C12H24IN3OS. The Labute approximate surface area is 131 Å². The standard InChI is InChI=1S/C12H23N3OS.HI/c1-2-13-11(14-7-10-3-4-10)15-8-12(16)5-6-17-9-12;/h10,16H,2-9H2,1H3,(H2,13,14,15);1H. The van der Waals surface area contributed by atoms with Gasteiger partial charge in [0.25, 0.3) is 0 Å². The van der Waals surface area contributed by atoms with Crippen LogP contribution in [0.1, 0.15) is 26.2 Å². The van der Waals surface area contributed by atoms with E-state index in [-0.39, 0.29) is 24.0 Å². The summed E-state index contributed by atoms with van der Waals surface area (Å²) in [6.45, 7) is 4.46. The van der Waals surface area contributed by atoms with Crippen molar-refractivity contribution in [2.75, 3.05) is 31.1 Å². The van der Waals surface area contributed by atoms with Crippen LogP contribution < -0.4 is 10.6 Å². The minimum Gasteiger partial charge on any atom is -0.387 e. The van der Waals surface area contributed by atoms with Gasteiger partial charge in [-0.05, 0) is 37.9 Å². The zero-order valence-corrected chi connectivity index (χ0v) is 14.1. The molecule has 1 aliphatic heterocycles. The van der Waals surface area contributed by atoms with Crippen molar-refractivity contribution in [2.24, 2.45) is 10.9 Å². The lowest BCUT2D eigenvalue weighted by atomic mass is 10.1. The van der Waals surface area contributed by atoms with Gasteiger partial charge < -0.3 is 15.7 Å². The fourth-order valence-electron chi connectivity index (χ4n) is 1.85. The van der Waals surface area contributed by atoms with Crippen molar-refractivity contribution in [3.63, 3.8) is 0 Å². The molecule has 2 fully saturated rings. The molecule has 1 heterocycles. The summed E-state index contributed by atoms with van der Waals surface area (Å²) in [7, 11) is 0. The molecule has 0 radical (unpaired) electrons. The normalized spacial score (nSPS) is 27.8. The van der Waals surface area contributed by atoms with Crippen LogP contribution in [0.2, 0.25) is 0 Å². The molecule has 0 spiro atoms. The summed E-state index contributed by atoms with van der Waals surface area (Å²) in [5.41, 5.74) is -0.577. The highest BCUT2D eigenvalue weighted by Crippen LogP contribution is 2.28. The Balaban J connectivity index is 0.00000162. The highest BCUT2D eigenvalue weighted by molar-refractivity contribution is 14.0. The number of thioether (sulfide) groups is 1.